The Bertz CT molecular complexity index is 334. The van der Waals surface area contributed by atoms with Gasteiger partial charge >= 0.3 is 0 Å². The quantitative estimate of drug-likeness (QED) is 0.712. The van der Waals surface area contributed by atoms with Gasteiger partial charge in [-0.15, -0.1) is 0 Å². The summed E-state index contributed by atoms with van der Waals surface area (Å²) in [6, 6.07) is 1.69. The van der Waals surface area contributed by atoms with Gasteiger partial charge in [0, 0.05) is 25.1 Å². The zero-order chi connectivity index (χ0) is 12.0. The molecule has 1 amide bonds. The number of amides is 1. The average molecular weight is 225 g/mol. The van der Waals surface area contributed by atoms with E-state index in [1.165, 1.54) is 0 Å². The summed E-state index contributed by atoms with van der Waals surface area (Å²) in [5, 5.41) is 9.61. The normalized spacial score (nSPS) is 10.8. The molecule has 2 N–H and O–H groups in total. The van der Waals surface area contributed by atoms with Crippen molar-refractivity contribution in [2.45, 2.75) is 26.7 Å². The van der Waals surface area contributed by atoms with Gasteiger partial charge < -0.3 is 15.2 Å². The smallest absolute Gasteiger partial charge is 0.273 e. The Morgan fingerprint density at radius 2 is 2.25 bits per heavy atom. The molecule has 0 bridgehead atoms. The van der Waals surface area contributed by atoms with Gasteiger partial charge in [0.05, 0.1) is 0 Å². The average Bonchev–Trinajstić information content (AvgIpc) is 2.73. The number of hydrogen-bond donors (Lipinski definition) is 2. The first kappa shape index (κ1) is 12.7. The van der Waals surface area contributed by atoms with Crippen molar-refractivity contribution in [3.8, 4) is 0 Å². The maximum absolute atomic E-state index is 11.6. The van der Waals surface area contributed by atoms with Gasteiger partial charge in [-0.3, -0.25) is 4.79 Å². The van der Waals surface area contributed by atoms with Crippen molar-refractivity contribution in [2.24, 2.45) is 0 Å². The zero-order valence-corrected chi connectivity index (χ0v) is 10.0. The lowest BCUT2D eigenvalue weighted by molar-refractivity contribution is 0.0945. The van der Waals surface area contributed by atoms with E-state index in [9.17, 15) is 4.79 Å². The van der Waals surface area contributed by atoms with Crippen LogP contribution in [0.1, 0.15) is 42.9 Å². The van der Waals surface area contributed by atoms with Gasteiger partial charge in [0.2, 0.25) is 0 Å². The van der Waals surface area contributed by atoms with E-state index >= 15 is 0 Å². The lowest BCUT2D eigenvalue weighted by Crippen LogP contribution is -2.31. The molecule has 0 unspecified atom stereocenters. The fraction of sp³-hybridized carbons (Fsp3) is 0.636. The molecule has 1 heterocycles. The molecule has 1 aromatic heterocycles. The standard InChI is InChI=1S/C11H19N3O2/c1-4-12-5-6-13-11(15)9-7-10(8(2)3)16-14-9/h7-8,12H,4-6H2,1-3H3,(H,13,15). The van der Waals surface area contributed by atoms with Crippen LogP contribution in [-0.4, -0.2) is 30.7 Å². The summed E-state index contributed by atoms with van der Waals surface area (Å²) < 4.78 is 5.05. The van der Waals surface area contributed by atoms with Crippen molar-refractivity contribution in [1.82, 2.24) is 15.8 Å². The largest absolute Gasteiger partial charge is 0.360 e. The van der Waals surface area contributed by atoms with Crippen molar-refractivity contribution < 1.29 is 9.32 Å². The molecule has 0 fully saturated rings. The molecule has 0 aromatic carbocycles. The number of rotatable bonds is 6. The highest BCUT2D eigenvalue weighted by molar-refractivity contribution is 5.92. The molecule has 0 saturated heterocycles. The summed E-state index contributed by atoms with van der Waals surface area (Å²) in [5.74, 6) is 0.793. The van der Waals surface area contributed by atoms with Gasteiger partial charge in [0.1, 0.15) is 5.76 Å². The Morgan fingerprint density at radius 1 is 1.50 bits per heavy atom. The molecule has 5 heteroatoms. The van der Waals surface area contributed by atoms with Crippen LogP contribution in [0.2, 0.25) is 0 Å². The molecule has 0 aliphatic heterocycles. The first-order valence-electron chi connectivity index (χ1n) is 5.60. The minimum absolute atomic E-state index is 0.187. The monoisotopic (exact) mass is 225 g/mol. The van der Waals surface area contributed by atoms with Crippen LogP contribution < -0.4 is 10.6 Å². The van der Waals surface area contributed by atoms with Gasteiger partial charge in [-0.05, 0) is 6.54 Å². The van der Waals surface area contributed by atoms with Gasteiger partial charge in [-0.1, -0.05) is 25.9 Å². The lowest BCUT2D eigenvalue weighted by atomic mass is 10.1. The van der Waals surface area contributed by atoms with E-state index in [-0.39, 0.29) is 11.8 Å². The van der Waals surface area contributed by atoms with E-state index < -0.39 is 0 Å². The van der Waals surface area contributed by atoms with Crippen LogP contribution in [0.15, 0.2) is 10.6 Å². The van der Waals surface area contributed by atoms with E-state index in [2.05, 4.69) is 15.8 Å². The Kier molecular flexibility index (Phi) is 4.98. The lowest BCUT2D eigenvalue weighted by Gasteiger charge is -2.02. The minimum Gasteiger partial charge on any atom is -0.360 e. The van der Waals surface area contributed by atoms with E-state index in [0.29, 0.717) is 12.2 Å². The first-order valence-corrected chi connectivity index (χ1v) is 5.60. The Hall–Kier alpha value is -1.36. The Labute approximate surface area is 95.6 Å². The summed E-state index contributed by atoms with van der Waals surface area (Å²) in [5.41, 5.74) is 0.347. The first-order chi connectivity index (χ1) is 7.65. The van der Waals surface area contributed by atoms with Crippen molar-refractivity contribution in [3.05, 3.63) is 17.5 Å². The summed E-state index contributed by atoms with van der Waals surface area (Å²) in [6.45, 7) is 8.26. The van der Waals surface area contributed by atoms with Gasteiger partial charge in [0.25, 0.3) is 5.91 Å². The molecule has 16 heavy (non-hydrogen) atoms. The van der Waals surface area contributed by atoms with E-state index in [1.54, 1.807) is 6.07 Å². The number of aromatic nitrogens is 1. The predicted octanol–water partition coefficient (Wildman–Crippen LogP) is 1.14. The highest BCUT2D eigenvalue weighted by atomic mass is 16.5. The van der Waals surface area contributed by atoms with Crippen LogP contribution in [0.4, 0.5) is 0 Å². The van der Waals surface area contributed by atoms with Crippen LogP contribution in [0.25, 0.3) is 0 Å². The van der Waals surface area contributed by atoms with Crippen LogP contribution in [0, 0.1) is 0 Å². The van der Waals surface area contributed by atoms with Crippen LogP contribution in [0.5, 0.6) is 0 Å². The third-order valence-electron chi connectivity index (χ3n) is 2.17. The number of carbonyl (C=O) groups is 1. The second-order valence-electron chi connectivity index (χ2n) is 3.88. The van der Waals surface area contributed by atoms with Crippen molar-refractivity contribution >= 4 is 5.91 Å². The summed E-state index contributed by atoms with van der Waals surface area (Å²) >= 11 is 0. The number of likely N-dealkylation sites (N-methyl/N-ethyl adjacent to an activating group) is 1. The number of carbonyl (C=O) groups excluding carboxylic acids is 1. The van der Waals surface area contributed by atoms with Crippen LogP contribution in [-0.2, 0) is 0 Å². The highest BCUT2D eigenvalue weighted by Gasteiger charge is 2.13. The fourth-order valence-electron chi connectivity index (χ4n) is 1.20. The second kappa shape index (κ2) is 6.27. The molecule has 5 nitrogen and oxygen atoms in total. The van der Waals surface area contributed by atoms with Crippen molar-refractivity contribution in [2.75, 3.05) is 19.6 Å². The van der Waals surface area contributed by atoms with E-state index in [0.717, 1.165) is 18.8 Å². The van der Waals surface area contributed by atoms with Gasteiger partial charge in [-0.25, -0.2) is 0 Å². The SMILES string of the molecule is CCNCCNC(=O)c1cc(C(C)C)on1. The van der Waals surface area contributed by atoms with Crippen molar-refractivity contribution in [3.63, 3.8) is 0 Å². The summed E-state index contributed by atoms with van der Waals surface area (Å²) in [6.07, 6.45) is 0. The molecule has 0 saturated carbocycles. The van der Waals surface area contributed by atoms with E-state index in [1.807, 2.05) is 20.8 Å². The van der Waals surface area contributed by atoms with Crippen LogP contribution in [0.3, 0.4) is 0 Å². The molecule has 0 radical (unpaired) electrons. The molecule has 90 valence electrons. The number of nitrogens with zero attached hydrogens (tertiary/aromatic N) is 1. The molecular formula is C11H19N3O2. The maximum Gasteiger partial charge on any atom is 0.273 e. The molecule has 1 aromatic rings. The molecule has 1 rings (SSSR count). The highest BCUT2D eigenvalue weighted by Crippen LogP contribution is 2.14. The number of nitrogens with one attached hydrogen (secondary N) is 2. The fourth-order valence-corrected chi connectivity index (χ4v) is 1.20. The molecule has 0 atom stereocenters. The maximum atomic E-state index is 11.6. The Morgan fingerprint density at radius 3 is 2.81 bits per heavy atom. The van der Waals surface area contributed by atoms with Crippen LogP contribution >= 0.6 is 0 Å². The number of hydrogen-bond acceptors (Lipinski definition) is 4. The third-order valence-corrected chi connectivity index (χ3v) is 2.17. The van der Waals surface area contributed by atoms with Gasteiger partial charge in [0.15, 0.2) is 5.69 Å². The molecule has 0 spiro atoms. The second-order valence-corrected chi connectivity index (χ2v) is 3.88. The topological polar surface area (TPSA) is 67.2 Å². The third kappa shape index (κ3) is 3.66. The predicted molar refractivity (Wildman–Crippen MR) is 61.5 cm³/mol. The Balaban J connectivity index is 2.40. The summed E-state index contributed by atoms with van der Waals surface area (Å²) in [4.78, 5) is 11.6. The zero-order valence-electron chi connectivity index (χ0n) is 10.0. The minimum atomic E-state index is -0.187. The summed E-state index contributed by atoms with van der Waals surface area (Å²) in [7, 11) is 0. The molecule has 0 aliphatic carbocycles. The van der Waals surface area contributed by atoms with Gasteiger partial charge in [-0.2, -0.15) is 0 Å². The van der Waals surface area contributed by atoms with E-state index in [4.69, 9.17) is 4.52 Å². The molecule has 0 aliphatic rings. The molecular weight excluding hydrogens is 206 g/mol. The van der Waals surface area contributed by atoms with Crippen molar-refractivity contribution in [1.29, 1.82) is 0 Å².